The van der Waals surface area contributed by atoms with Crippen LogP contribution in [0.3, 0.4) is 0 Å². The van der Waals surface area contributed by atoms with Gasteiger partial charge in [-0.2, -0.15) is 0 Å². The minimum absolute atomic E-state index is 0.0486. The molecule has 0 aliphatic carbocycles. The average Bonchev–Trinajstić information content (AvgIpc) is 2.64. The van der Waals surface area contributed by atoms with Gasteiger partial charge in [0.15, 0.2) is 0 Å². The van der Waals surface area contributed by atoms with Crippen LogP contribution in [0.15, 0.2) is 42.7 Å². The van der Waals surface area contributed by atoms with E-state index >= 15 is 0 Å². The molecule has 126 valence electrons. The SMILES string of the molecule is CCOc1ccc(C(=O)N2CCC(Oc3ncccn3)CC2)cc1. The maximum atomic E-state index is 12.6. The molecule has 0 radical (unpaired) electrons. The average molecular weight is 327 g/mol. The lowest BCUT2D eigenvalue weighted by molar-refractivity contribution is 0.0578. The van der Waals surface area contributed by atoms with Gasteiger partial charge in [0.1, 0.15) is 11.9 Å². The minimum Gasteiger partial charge on any atom is -0.494 e. The fourth-order valence-corrected chi connectivity index (χ4v) is 2.72. The van der Waals surface area contributed by atoms with Gasteiger partial charge in [0.2, 0.25) is 0 Å². The van der Waals surface area contributed by atoms with Crippen LogP contribution in [-0.2, 0) is 0 Å². The van der Waals surface area contributed by atoms with E-state index in [0.717, 1.165) is 18.6 Å². The third-order valence-electron chi connectivity index (χ3n) is 3.96. The first kappa shape index (κ1) is 16.2. The molecule has 3 rings (SSSR count). The number of rotatable bonds is 5. The van der Waals surface area contributed by atoms with Gasteiger partial charge in [-0.15, -0.1) is 0 Å². The summed E-state index contributed by atoms with van der Waals surface area (Å²) >= 11 is 0. The molecule has 0 unspecified atom stereocenters. The highest BCUT2D eigenvalue weighted by molar-refractivity contribution is 5.94. The summed E-state index contributed by atoms with van der Waals surface area (Å²) < 4.78 is 11.2. The summed E-state index contributed by atoms with van der Waals surface area (Å²) in [4.78, 5) is 22.6. The van der Waals surface area contributed by atoms with Crippen molar-refractivity contribution < 1.29 is 14.3 Å². The summed E-state index contributed by atoms with van der Waals surface area (Å²) in [6, 6.07) is 9.44. The van der Waals surface area contributed by atoms with Gasteiger partial charge in [-0.1, -0.05) is 0 Å². The van der Waals surface area contributed by atoms with Crippen LogP contribution >= 0.6 is 0 Å². The molecule has 0 N–H and O–H groups in total. The standard InChI is InChI=1S/C18H21N3O3/c1-2-23-15-6-4-14(5-7-15)17(22)21-12-8-16(9-13-21)24-18-19-10-3-11-20-18/h3-7,10-11,16H,2,8-9,12-13H2,1H3. The molecule has 1 amide bonds. The normalized spacial score (nSPS) is 15.1. The summed E-state index contributed by atoms with van der Waals surface area (Å²) in [5, 5.41) is 0. The van der Waals surface area contributed by atoms with Gasteiger partial charge < -0.3 is 14.4 Å². The molecule has 0 spiro atoms. The second-order valence-corrected chi connectivity index (χ2v) is 5.60. The summed E-state index contributed by atoms with van der Waals surface area (Å²) in [5.41, 5.74) is 0.684. The Hall–Kier alpha value is -2.63. The number of carbonyl (C=O) groups is 1. The number of hydrogen-bond donors (Lipinski definition) is 0. The number of hydrogen-bond acceptors (Lipinski definition) is 5. The predicted octanol–water partition coefficient (Wildman–Crippen LogP) is 2.56. The molecule has 24 heavy (non-hydrogen) atoms. The van der Waals surface area contributed by atoms with Gasteiger partial charge in [0.25, 0.3) is 5.91 Å². The molecule has 1 aliphatic rings. The topological polar surface area (TPSA) is 64.5 Å². The highest BCUT2D eigenvalue weighted by Gasteiger charge is 2.25. The van der Waals surface area contributed by atoms with Crippen molar-refractivity contribution in [1.82, 2.24) is 14.9 Å². The van der Waals surface area contributed by atoms with Crippen LogP contribution in [0, 0.1) is 0 Å². The molecule has 1 aromatic heterocycles. The summed E-state index contributed by atoms with van der Waals surface area (Å²) in [6.45, 7) is 3.89. The van der Waals surface area contributed by atoms with E-state index in [2.05, 4.69) is 9.97 Å². The first-order valence-corrected chi connectivity index (χ1v) is 8.22. The zero-order valence-corrected chi connectivity index (χ0v) is 13.7. The Morgan fingerprint density at radius 3 is 2.46 bits per heavy atom. The van der Waals surface area contributed by atoms with Gasteiger partial charge in [-0.3, -0.25) is 4.79 Å². The van der Waals surface area contributed by atoms with Crippen molar-refractivity contribution in [3.05, 3.63) is 48.3 Å². The van der Waals surface area contributed by atoms with Crippen molar-refractivity contribution in [3.8, 4) is 11.8 Å². The molecule has 6 nitrogen and oxygen atoms in total. The lowest BCUT2D eigenvalue weighted by Crippen LogP contribution is -2.41. The van der Waals surface area contributed by atoms with Crippen molar-refractivity contribution in [2.45, 2.75) is 25.9 Å². The Labute approximate surface area is 141 Å². The Bertz CT molecular complexity index is 653. The number of aromatic nitrogens is 2. The fraction of sp³-hybridized carbons (Fsp3) is 0.389. The molecule has 2 aromatic rings. The number of amides is 1. The van der Waals surface area contributed by atoms with E-state index in [1.807, 2.05) is 36.1 Å². The first-order chi connectivity index (χ1) is 11.8. The van der Waals surface area contributed by atoms with E-state index in [1.54, 1.807) is 18.5 Å². The van der Waals surface area contributed by atoms with Crippen LogP contribution < -0.4 is 9.47 Å². The van der Waals surface area contributed by atoms with Crippen LogP contribution in [0.25, 0.3) is 0 Å². The lowest BCUT2D eigenvalue weighted by Gasteiger charge is -2.31. The van der Waals surface area contributed by atoms with Gasteiger partial charge in [0, 0.05) is 43.9 Å². The van der Waals surface area contributed by atoms with Crippen molar-refractivity contribution >= 4 is 5.91 Å². The molecule has 6 heteroatoms. The molecule has 0 saturated carbocycles. The highest BCUT2D eigenvalue weighted by Crippen LogP contribution is 2.19. The maximum Gasteiger partial charge on any atom is 0.316 e. The van der Waals surface area contributed by atoms with Crippen LogP contribution in [-0.4, -0.2) is 46.6 Å². The Morgan fingerprint density at radius 1 is 1.17 bits per heavy atom. The molecule has 1 aliphatic heterocycles. The molecular weight excluding hydrogens is 306 g/mol. The van der Waals surface area contributed by atoms with Gasteiger partial charge in [0.05, 0.1) is 6.61 Å². The zero-order valence-electron chi connectivity index (χ0n) is 13.7. The molecule has 0 bridgehead atoms. The number of likely N-dealkylation sites (tertiary alicyclic amines) is 1. The largest absolute Gasteiger partial charge is 0.494 e. The van der Waals surface area contributed by atoms with Crippen molar-refractivity contribution in [3.63, 3.8) is 0 Å². The second kappa shape index (κ2) is 7.77. The van der Waals surface area contributed by atoms with Crippen molar-refractivity contribution in [1.29, 1.82) is 0 Å². The number of carbonyl (C=O) groups excluding carboxylic acids is 1. The third kappa shape index (κ3) is 4.01. The first-order valence-electron chi connectivity index (χ1n) is 8.22. The predicted molar refractivity (Wildman–Crippen MR) is 89.2 cm³/mol. The Morgan fingerprint density at radius 2 is 1.83 bits per heavy atom. The van der Waals surface area contributed by atoms with Crippen LogP contribution in [0.2, 0.25) is 0 Å². The summed E-state index contributed by atoms with van der Waals surface area (Å²) in [5.74, 6) is 0.830. The smallest absolute Gasteiger partial charge is 0.316 e. The maximum absolute atomic E-state index is 12.6. The monoisotopic (exact) mass is 327 g/mol. The number of ether oxygens (including phenoxy) is 2. The zero-order chi connectivity index (χ0) is 16.8. The van der Waals surface area contributed by atoms with Crippen molar-refractivity contribution in [2.24, 2.45) is 0 Å². The quantitative estimate of drug-likeness (QED) is 0.844. The summed E-state index contributed by atoms with van der Waals surface area (Å²) in [7, 11) is 0. The Balaban J connectivity index is 1.53. The van der Waals surface area contributed by atoms with E-state index in [0.29, 0.717) is 31.3 Å². The van der Waals surface area contributed by atoms with Crippen LogP contribution in [0.4, 0.5) is 0 Å². The van der Waals surface area contributed by atoms with E-state index in [1.165, 1.54) is 0 Å². The van der Waals surface area contributed by atoms with Crippen molar-refractivity contribution in [2.75, 3.05) is 19.7 Å². The van der Waals surface area contributed by atoms with E-state index in [-0.39, 0.29) is 12.0 Å². The molecular formula is C18H21N3O3. The lowest BCUT2D eigenvalue weighted by atomic mass is 10.1. The number of nitrogens with zero attached hydrogens (tertiary/aromatic N) is 3. The summed E-state index contributed by atoms with van der Waals surface area (Å²) in [6.07, 6.45) is 4.93. The van der Waals surface area contributed by atoms with Gasteiger partial charge in [-0.25, -0.2) is 9.97 Å². The van der Waals surface area contributed by atoms with E-state index in [9.17, 15) is 4.79 Å². The molecule has 1 aromatic carbocycles. The number of piperidine rings is 1. The van der Waals surface area contributed by atoms with Crippen LogP contribution in [0.1, 0.15) is 30.1 Å². The third-order valence-corrected chi connectivity index (χ3v) is 3.96. The second-order valence-electron chi connectivity index (χ2n) is 5.60. The molecule has 2 heterocycles. The van der Waals surface area contributed by atoms with E-state index < -0.39 is 0 Å². The van der Waals surface area contributed by atoms with E-state index in [4.69, 9.17) is 9.47 Å². The molecule has 1 saturated heterocycles. The Kier molecular flexibility index (Phi) is 5.25. The van der Waals surface area contributed by atoms with Gasteiger partial charge >= 0.3 is 6.01 Å². The highest BCUT2D eigenvalue weighted by atomic mass is 16.5. The molecule has 1 fully saturated rings. The fourth-order valence-electron chi connectivity index (χ4n) is 2.72. The van der Waals surface area contributed by atoms with Gasteiger partial charge in [-0.05, 0) is 37.3 Å². The van der Waals surface area contributed by atoms with Crippen LogP contribution in [0.5, 0.6) is 11.8 Å². The number of benzene rings is 1. The minimum atomic E-state index is 0.0486. The molecule has 0 atom stereocenters.